The van der Waals surface area contributed by atoms with Crippen LogP contribution in [-0.4, -0.2) is 21.2 Å². The maximum Gasteiger partial charge on any atom is 0.209 e. The van der Waals surface area contributed by atoms with E-state index in [0.717, 1.165) is 0 Å². The van der Waals surface area contributed by atoms with Crippen LogP contribution in [0, 0.1) is 0 Å². The number of carbonyl (C=O) groups excluding carboxylic acids is 1. The molecule has 9 heavy (non-hydrogen) atoms. The molecule has 0 spiro atoms. The standard InChI is InChI=1S/C5H6N2O2/c1-7-5(9)2-4(3-8)6-7/h2-3,9H,1H3. The molecule has 1 N–H and O–H groups in total. The molecule has 4 heteroatoms. The predicted octanol–water partition coefficient (Wildman–Crippen LogP) is -0.0618. The SMILES string of the molecule is Cn1nc(C=O)cc1O. The fourth-order valence-corrected chi connectivity index (χ4v) is 0.537. The van der Waals surface area contributed by atoms with Crippen LogP contribution < -0.4 is 0 Å². The van der Waals surface area contributed by atoms with E-state index in [1.807, 2.05) is 0 Å². The molecule has 1 aromatic heterocycles. The van der Waals surface area contributed by atoms with Crippen LogP contribution in [0.3, 0.4) is 0 Å². The number of aromatic nitrogens is 2. The summed E-state index contributed by atoms with van der Waals surface area (Å²) >= 11 is 0. The van der Waals surface area contributed by atoms with Crippen LogP contribution in [0.15, 0.2) is 6.07 Å². The molecule has 0 atom stereocenters. The van der Waals surface area contributed by atoms with E-state index >= 15 is 0 Å². The second-order valence-corrected chi connectivity index (χ2v) is 1.67. The molecule has 0 fully saturated rings. The summed E-state index contributed by atoms with van der Waals surface area (Å²) in [4.78, 5) is 9.99. The Balaban J connectivity index is 3.11. The number of aromatic hydroxyl groups is 1. The van der Waals surface area contributed by atoms with E-state index in [2.05, 4.69) is 5.10 Å². The lowest BCUT2D eigenvalue weighted by molar-refractivity contribution is 0.111. The average Bonchev–Trinajstić information content (AvgIpc) is 2.13. The molecule has 48 valence electrons. The van der Waals surface area contributed by atoms with Crippen molar-refractivity contribution in [3.63, 3.8) is 0 Å². The van der Waals surface area contributed by atoms with Crippen molar-refractivity contribution in [3.8, 4) is 5.88 Å². The lowest BCUT2D eigenvalue weighted by atomic mass is 10.5. The van der Waals surface area contributed by atoms with Crippen molar-refractivity contribution >= 4 is 6.29 Å². The Hall–Kier alpha value is -1.32. The normalized spacial score (nSPS) is 9.44. The highest BCUT2D eigenvalue weighted by Crippen LogP contribution is 2.06. The molecule has 1 aromatic rings. The number of nitrogens with zero attached hydrogens (tertiary/aromatic N) is 2. The molecule has 0 saturated heterocycles. The number of aryl methyl sites for hydroxylation is 1. The van der Waals surface area contributed by atoms with Gasteiger partial charge in [0.25, 0.3) is 0 Å². The second-order valence-electron chi connectivity index (χ2n) is 1.67. The highest BCUT2D eigenvalue weighted by molar-refractivity contribution is 5.72. The summed E-state index contributed by atoms with van der Waals surface area (Å²) in [6, 6.07) is 1.30. The van der Waals surface area contributed by atoms with Gasteiger partial charge in [0.2, 0.25) is 5.88 Å². The largest absolute Gasteiger partial charge is 0.493 e. The van der Waals surface area contributed by atoms with E-state index in [4.69, 9.17) is 5.11 Å². The zero-order valence-electron chi connectivity index (χ0n) is 4.90. The van der Waals surface area contributed by atoms with Crippen LogP contribution >= 0.6 is 0 Å². The highest BCUT2D eigenvalue weighted by atomic mass is 16.3. The molecule has 0 aliphatic carbocycles. The smallest absolute Gasteiger partial charge is 0.209 e. The fraction of sp³-hybridized carbons (Fsp3) is 0.200. The second kappa shape index (κ2) is 1.89. The first kappa shape index (κ1) is 5.81. The Bertz CT molecular complexity index is 209. The number of carbonyl (C=O) groups is 1. The number of aldehydes is 1. The van der Waals surface area contributed by atoms with Gasteiger partial charge in [-0.25, -0.2) is 4.68 Å². The van der Waals surface area contributed by atoms with Gasteiger partial charge in [-0.05, 0) is 0 Å². The maximum absolute atomic E-state index is 9.99. The molecule has 0 aromatic carbocycles. The van der Waals surface area contributed by atoms with Crippen LogP contribution in [0.4, 0.5) is 0 Å². The molecule has 0 radical (unpaired) electrons. The van der Waals surface area contributed by atoms with E-state index in [1.165, 1.54) is 10.7 Å². The molecule has 0 unspecified atom stereocenters. The van der Waals surface area contributed by atoms with Gasteiger partial charge < -0.3 is 5.11 Å². The molecule has 0 bridgehead atoms. The van der Waals surface area contributed by atoms with Gasteiger partial charge in [-0.3, -0.25) is 4.79 Å². The van der Waals surface area contributed by atoms with Gasteiger partial charge in [-0.1, -0.05) is 0 Å². The minimum atomic E-state index is -0.00269. The molecule has 0 amide bonds. The van der Waals surface area contributed by atoms with Crippen molar-refractivity contribution in [1.29, 1.82) is 0 Å². The van der Waals surface area contributed by atoms with Gasteiger partial charge in [0.05, 0.1) is 0 Å². The molecule has 1 heterocycles. The summed E-state index contributed by atoms with van der Waals surface area (Å²) in [6.45, 7) is 0. The predicted molar refractivity (Wildman–Crippen MR) is 30.3 cm³/mol. The molecule has 0 saturated carbocycles. The van der Waals surface area contributed by atoms with E-state index in [0.29, 0.717) is 6.29 Å². The first-order valence-electron chi connectivity index (χ1n) is 2.42. The van der Waals surface area contributed by atoms with Crippen LogP contribution in [0.25, 0.3) is 0 Å². The lowest BCUT2D eigenvalue weighted by Crippen LogP contribution is -1.89. The highest BCUT2D eigenvalue weighted by Gasteiger charge is 1.99. The Labute approximate surface area is 51.7 Å². The Morgan fingerprint density at radius 2 is 2.56 bits per heavy atom. The van der Waals surface area contributed by atoms with Gasteiger partial charge in [0.15, 0.2) is 6.29 Å². The summed E-state index contributed by atoms with van der Waals surface area (Å²) < 4.78 is 1.23. The minimum Gasteiger partial charge on any atom is -0.493 e. The third-order valence-electron chi connectivity index (χ3n) is 0.995. The summed E-state index contributed by atoms with van der Waals surface area (Å²) in [5.74, 6) is -0.00269. The van der Waals surface area contributed by atoms with E-state index < -0.39 is 0 Å². The Morgan fingerprint density at radius 3 is 2.78 bits per heavy atom. The third kappa shape index (κ3) is 0.910. The van der Waals surface area contributed by atoms with Crippen LogP contribution in [0.5, 0.6) is 5.88 Å². The molecule has 4 nitrogen and oxygen atoms in total. The van der Waals surface area contributed by atoms with Crippen LogP contribution in [0.2, 0.25) is 0 Å². The first-order chi connectivity index (χ1) is 4.24. The zero-order chi connectivity index (χ0) is 6.85. The first-order valence-corrected chi connectivity index (χ1v) is 2.42. The van der Waals surface area contributed by atoms with Crippen molar-refractivity contribution in [2.24, 2.45) is 7.05 Å². The Morgan fingerprint density at radius 1 is 1.89 bits per heavy atom. The van der Waals surface area contributed by atoms with E-state index in [1.54, 1.807) is 7.05 Å². The zero-order valence-corrected chi connectivity index (χ0v) is 4.90. The van der Waals surface area contributed by atoms with Gasteiger partial charge in [0, 0.05) is 13.1 Å². The quantitative estimate of drug-likeness (QED) is 0.536. The monoisotopic (exact) mass is 126 g/mol. The van der Waals surface area contributed by atoms with Crippen molar-refractivity contribution in [1.82, 2.24) is 9.78 Å². The fourth-order valence-electron chi connectivity index (χ4n) is 0.537. The van der Waals surface area contributed by atoms with Crippen molar-refractivity contribution in [3.05, 3.63) is 11.8 Å². The summed E-state index contributed by atoms with van der Waals surface area (Å²) in [5, 5.41) is 12.4. The summed E-state index contributed by atoms with van der Waals surface area (Å²) in [7, 11) is 1.56. The van der Waals surface area contributed by atoms with E-state index in [-0.39, 0.29) is 11.6 Å². The van der Waals surface area contributed by atoms with Gasteiger partial charge in [0.1, 0.15) is 5.69 Å². The molecular formula is C5H6N2O2. The van der Waals surface area contributed by atoms with Gasteiger partial charge >= 0.3 is 0 Å². The summed E-state index contributed by atoms with van der Waals surface area (Å²) in [6.07, 6.45) is 0.583. The molecule has 0 aliphatic heterocycles. The topological polar surface area (TPSA) is 55.1 Å². The molecule has 0 aliphatic rings. The number of rotatable bonds is 1. The van der Waals surface area contributed by atoms with Crippen LogP contribution in [0.1, 0.15) is 10.5 Å². The maximum atomic E-state index is 9.99. The lowest BCUT2D eigenvalue weighted by Gasteiger charge is -1.86. The third-order valence-corrected chi connectivity index (χ3v) is 0.995. The van der Waals surface area contributed by atoms with Gasteiger partial charge in [-0.2, -0.15) is 5.10 Å². The summed E-state index contributed by atoms with van der Waals surface area (Å²) in [5.41, 5.74) is 0.245. The van der Waals surface area contributed by atoms with Crippen molar-refractivity contribution in [2.45, 2.75) is 0 Å². The number of hydrogen-bond donors (Lipinski definition) is 1. The van der Waals surface area contributed by atoms with Crippen molar-refractivity contribution in [2.75, 3.05) is 0 Å². The van der Waals surface area contributed by atoms with Crippen molar-refractivity contribution < 1.29 is 9.90 Å². The van der Waals surface area contributed by atoms with Gasteiger partial charge in [-0.15, -0.1) is 0 Å². The average molecular weight is 126 g/mol. The Kier molecular flexibility index (Phi) is 1.22. The number of hydrogen-bond acceptors (Lipinski definition) is 3. The molecular weight excluding hydrogens is 120 g/mol. The van der Waals surface area contributed by atoms with E-state index in [9.17, 15) is 4.79 Å². The minimum absolute atomic E-state index is 0.00269. The molecule has 1 rings (SSSR count). The van der Waals surface area contributed by atoms with Crippen LogP contribution in [-0.2, 0) is 7.05 Å².